The molecule has 0 radical (unpaired) electrons. The van der Waals surface area contributed by atoms with Crippen molar-refractivity contribution in [2.75, 3.05) is 18.0 Å². The van der Waals surface area contributed by atoms with Gasteiger partial charge in [0.2, 0.25) is 0 Å². The Bertz CT molecular complexity index is 364. The maximum Gasteiger partial charge on any atom is 0.131 e. The number of pyridine rings is 1. The van der Waals surface area contributed by atoms with Gasteiger partial charge in [0.25, 0.3) is 0 Å². The Balaban J connectivity index is 2.21. The molecule has 1 aliphatic heterocycles. The molecule has 1 saturated heterocycles. The van der Waals surface area contributed by atoms with Crippen molar-refractivity contribution in [3.8, 4) is 0 Å². The van der Waals surface area contributed by atoms with Gasteiger partial charge in [0.05, 0.1) is 0 Å². The first-order valence-electron chi connectivity index (χ1n) is 6.63. The molecule has 3 heteroatoms. The van der Waals surface area contributed by atoms with Crippen molar-refractivity contribution < 1.29 is 0 Å². The largest absolute Gasteiger partial charge is 0.354 e. The van der Waals surface area contributed by atoms with Crippen molar-refractivity contribution in [1.82, 2.24) is 4.98 Å². The highest BCUT2D eigenvalue weighted by molar-refractivity contribution is 5.48. The molecular formula is C14H23N3. The van der Waals surface area contributed by atoms with Gasteiger partial charge in [-0.1, -0.05) is 13.0 Å². The van der Waals surface area contributed by atoms with Crippen LogP contribution in [0.25, 0.3) is 0 Å². The van der Waals surface area contributed by atoms with Crippen LogP contribution < -0.4 is 10.6 Å². The molecule has 94 valence electrons. The number of nitrogens with zero attached hydrogens (tertiary/aromatic N) is 2. The second-order valence-corrected chi connectivity index (χ2v) is 5.20. The molecule has 2 unspecified atom stereocenters. The van der Waals surface area contributed by atoms with Gasteiger partial charge in [0.15, 0.2) is 0 Å². The normalized spacial score (nSPS) is 25.0. The van der Waals surface area contributed by atoms with E-state index in [4.69, 9.17) is 5.73 Å². The number of piperidine rings is 1. The van der Waals surface area contributed by atoms with Crippen molar-refractivity contribution in [2.45, 2.75) is 39.2 Å². The van der Waals surface area contributed by atoms with E-state index >= 15 is 0 Å². The Morgan fingerprint density at radius 3 is 3.00 bits per heavy atom. The summed E-state index contributed by atoms with van der Waals surface area (Å²) in [7, 11) is 0. The Hall–Kier alpha value is -1.09. The highest BCUT2D eigenvalue weighted by atomic mass is 15.2. The van der Waals surface area contributed by atoms with Crippen LogP contribution >= 0.6 is 0 Å². The second kappa shape index (κ2) is 5.50. The van der Waals surface area contributed by atoms with E-state index in [9.17, 15) is 0 Å². The third-order valence-electron chi connectivity index (χ3n) is 3.69. The molecule has 0 aromatic carbocycles. The van der Waals surface area contributed by atoms with E-state index in [2.05, 4.69) is 29.8 Å². The van der Waals surface area contributed by atoms with Crippen molar-refractivity contribution in [2.24, 2.45) is 11.7 Å². The summed E-state index contributed by atoms with van der Waals surface area (Å²) in [6, 6.07) is 4.75. The van der Waals surface area contributed by atoms with Crippen LogP contribution in [0.15, 0.2) is 18.3 Å². The second-order valence-electron chi connectivity index (χ2n) is 5.20. The minimum absolute atomic E-state index is 0.588. The Morgan fingerprint density at radius 1 is 1.47 bits per heavy atom. The standard InChI is InChI=1S/C14H23N3/c1-11-6-9-17(12(2)10-11)14-13(5-7-15)4-3-8-16-14/h3-4,8,11-12H,5-7,9-10,15H2,1-2H3. The van der Waals surface area contributed by atoms with Gasteiger partial charge in [-0.25, -0.2) is 4.98 Å². The molecule has 0 bridgehead atoms. The molecule has 1 fully saturated rings. The van der Waals surface area contributed by atoms with E-state index in [1.54, 1.807) is 0 Å². The van der Waals surface area contributed by atoms with E-state index in [0.717, 1.165) is 24.7 Å². The Labute approximate surface area is 104 Å². The molecule has 0 saturated carbocycles. The lowest BCUT2D eigenvalue weighted by atomic mass is 9.93. The molecular weight excluding hydrogens is 210 g/mol. The fraction of sp³-hybridized carbons (Fsp3) is 0.643. The molecule has 0 spiro atoms. The minimum Gasteiger partial charge on any atom is -0.354 e. The van der Waals surface area contributed by atoms with Crippen molar-refractivity contribution >= 4 is 5.82 Å². The Kier molecular flexibility index (Phi) is 4.00. The lowest BCUT2D eigenvalue weighted by Gasteiger charge is -2.38. The van der Waals surface area contributed by atoms with Crippen LogP contribution in [0.5, 0.6) is 0 Å². The van der Waals surface area contributed by atoms with Crippen molar-refractivity contribution in [1.29, 1.82) is 0 Å². The average molecular weight is 233 g/mol. The molecule has 0 aliphatic carbocycles. The monoisotopic (exact) mass is 233 g/mol. The first-order chi connectivity index (χ1) is 8.22. The van der Waals surface area contributed by atoms with Crippen LogP contribution in [0.2, 0.25) is 0 Å². The quantitative estimate of drug-likeness (QED) is 0.870. The van der Waals surface area contributed by atoms with Crippen LogP contribution in [-0.2, 0) is 6.42 Å². The molecule has 1 aromatic rings. The van der Waals surface area contributed by atoms with E-state index in [1.165, 1.54) is 18.4 Å². The first-order valence-corrected chi connectivity index (χ1v) is 6.63. The number of hydrogen-bond donors (Lipinski definition) is 1. The summed E-state index contributed by atoms with van der Waals surface area (Å²) in [6.45, 7) is 6.46. The number of nitrogens with two attached hydrogens (primary N) is 1. The molecule has 0 amide bonds. The molecule has 2 heterocycles. The van der Waals surface area contributed by atoms with Crippen molar-refractivity contribution in [3.63, 3.8) is 0 Å². The summed E-state index contributed by atoms with van der Waals surface area (Å²) in [5, 5.41) is 0. The number of hydrogen-bond acceptors (Lipinski definition) is 3. The molecule has 1 aromatic heterocycles. The zero-order valence-corrected chi connectivity index (χ0v) is 10.9. The van der Waals surface area contributed by atoms with Gasteiger partial charge in [0, 0.05) is 18.8 Å². The molecule has 2 rings (SSSR count). The summed E-state index contributed by atoms with van der Waals surface area (Å²) in [4.78, 5) is 7.02. The summed E-state index contributed by atoms with van der Waals surface area (Å²) in [6.07, 6.45) is 5.34. The van der Waals surface area contributed by atoms with Gasteiger partial charge < -0.3 is 10.6 Å². The van der Waals surface area contributed by atoms with Gasteiger partial charge >= 0.3 is 0 Å². The fourth-order valence-corrected chi connectivity index (χ4v) is 2.76. The zero-order chi connectivity index (χ0) is 12.3. The average Bonchev–Trinajstić information content (AvgIpc) is 2.31. The van der Waals surface area contributed by atoms with Crippen LogP contribution in [0.4, 0.5) is 5.82 Å². The minimum atomic E-state index is 0.588. The third kappa shape index (κ3) is 2.78. The smallest absolute Gasteiger partial charge is 0.131 e. The van der Waals surface area contributed by atoms with Crippen LogP contribution in [0.1, 0.15) is 32.3 Å². The van der Waals surface area contributed by atoms with Crippen LogP contribution in [0, 0.1) is 5.92 Å². The lowest BCUT2D eigenvalue weighted by Crippen LogP contribution is -2.41. The number of aromatic nitrogens is 1. The highest BCUT2D eigenvalue weighted by Crippen LogP contribution is 2.28. The molecule has 17 heavy (non-hydrogen) atoms. The summed E-state index contributed by atoms with van der Waals surface area (Å²) in [5.41, 5.74) is 6.96. The summed E-state index contributed by atoms with van der Waals surface area (Å²) >= 11 is 0. The van der Waals surface area contributed by atoms with Gasteiger partial charge in [-0.3, -0.25) is 0 Å². The number of rotatable bonds is 3. The molecule has 3 nitrogen and oxygen atoms in total. The zero-order valence-electron chi connectivity index (χ0n) is 10.9. The molecule has 2 N–H and O–H groups in total. The van der Waals surface area contributed by atoms with Crippen molar-refractivity contribution in [3.05, 3.63) is 23.9 Å². The molecule has 1 aliphatic rings. The topological polar surface area (TPSA) is 42.2 Å². The predicted octanol–water partition coefficient (Wildman–Crippen LogP) is 2.21. The van der Waals surface area contributed by atoms with Crippen LogP contribution in [0.3, 0.4) is 0 Å². The third-order valence-corrected chi connectivity index (χ3v) is 3.69. The van der Waals surface area contributed by atoms with Gasteiger partial charge in [0.1, 0.15) is 5.82 Å². The summed E-state index contributed by atoms with van der Waals surface area (Å²) in [5.74, 6) is 1.99. The highest BCUT2D eigenvalue weighted by Gasteiger charge is 2.25. The predicted molar refractivity (Wildman–Crippen MR) is 72.2 cm³/mol. The first kappa shape index (κ1) is 12.4. The summed E-state index contributed by atoms with van der Waals surface area (Å²) < 4.78 is 0. The maximum absolute atomic E-state index is 5.67. The maximum atomic E-state index is 5.67. The molecule has 2 atom stereocenters. The van der Waals surface area contributed by atoms with Gasteiger partial charge in [-0.2, -0.15) is 0 Å². The number of anilines is 1. The Morgan fingerprint density at radius 2 is 2.29 bits per heavy atom. The SMILES string of the molecule is CC1CCN(c2ncccc2CCN)C(C)C1. The fourth-order valence-electron chi connectivity index (χ4n) is 2.76. The lowest BCUT2D eigenvalue weighted by molar-refractivity contribution is 0.375. The van der Waals surface area contributed by atoms with Crippen LogP contribution in [-0.4, -0.2) is 24.1 Å². The van der Waals surface area contributed by atoms with E-state index < -0.39 is 0 Å². The van der Waals surface area contributed by atoms with E-state index in [0.29, 0.717) is 12.6 Å². The van der Waals surface area contributed by atoms with Gasteiger partial charge in [-0.05, 0) is 50.3 Å². The van der Waals surface area contributed by atoms with E-state index in [1.807, 2.05) is 12.3 Å². The van der Waals surface area contributed by atoms with Gasteiger partial charge in [-0.15, -0.1) is 0 Å². The van der Waals surface area contributed by atoms with E-state index in [-0.39, 0.29) is 0 Å².